The summed E-state index contributed by atoms with van der Waals surface area (Å²) in [7, 11) is 1.91. The highest BCUT2D eigenvalue weighted by molar-refractivity contribution is 5.79. The van der Waals surface area contributed by atoms with Gasteiger partial charge in [-0.25, -0.2) is 4.39 Å². The Morgan fingerprint density at radius 3 is 2.59 bits per heavy atom. The fourth-order valence-electron chi connectivity index (χ4n) is 3.70. The molecule has 0 aliphatic rings. The maximum atomic E-state index is 14.5. The zero-order valence-electron chi connectivity index (χ0n) is 20.5. The van der Waals surface area contributed by atoms with E-state index in [1.165, 1.54) is 11.3 Å². The molecule has 4 heteroatoms. The molecule has 0 aliphatic carbocycles. The standard InChI is InChI=1S/C28H38FN3/c1-8-10-16-32(15-9-2)22(4)17-24(20-30-7)26-18-23(12-11-21(26)3)27-19-25(13-14-31-27)28(5,6)29/h8,11-14,17-20,30H,1,9-10,15-16H2,2-7H3/b22-17+,24-20+. The van der Waals surface area contributed by atoms with Crippen LogP contribution in [0.15, 0.2) is 67.2 Å². The van der Waals surface area contributed by atoms with Gasteiger partial charge in [0.1, 0.15) is 5.67 Å². The fraction of sp³-hybridized carbons (Fsp3) is 0.393. The first-order chi connectivity index (χ1) is 15.2. The summed E-state index contributed by atoms with van der Waals surface area (Å²) in [6.07, 6.45) is 9.96. The Hall–Kier alpha value is -2.88. The van der Waals surface area contributed by atoms with E-state index in [0.29, 0.717) is 5.56 Å². The number of rotatable bonds is 11. The highest BCUT2D eigenvalue weighted by Gasteiger charge is 2.19. The molecule has 2 aromatic rings. The first-order valence-electron chi connectivity index (χ1n) is 11.4. The lowest BCUT2D eigenvalue weighted by Gasteiger charge is -2.25. The first kappa shape index (κ1) is 25.4. The predicted octanol–water partition coefficient (Wildman–Crippen LogP) is 7.01. The summed E-state index contributed by atoms with van der Waals surface area (Å²) >= 11 is 0. The van der Waals surface area contributed by atoms with Crippen molar-refractivity contribution < 1.29 is 4.39 Å². The number of benzene rings is 1. The van der Waals surface area contributed by atoms with Gasteiger partial charge in [0.25, 0.3) is 0 Å². The predicted molar refractivity (Wildman–Crippen MR) is 136 cm³/mol. The Morgan fingerprint density at radius 1 is 1.22 bits per heavy atom. The summed E-state index contributed by atoms with van der Waals surface area (Å²) in [5.41, 5.74) is 5.60. The van der Waals surface area contributed by atoms with E-state index in [1.54, 1.807) is 26.1 Å². The maximum absolute atomic E-state index is 14.5. The number of hydrogen-bond donors (Lipinski definition) is 1. The van der Waals surface area contributed by atoms with Crippen molar-refractivity contribution in [2.24, 2.45) is 0 Å². The smallest absolute Gasteiger partial charge is 0.130 e. The molecule has 0 aliphatic heterocycles. The van der Waals surface area contributed by atoms with Crippen molar-refractivity contribution in [1.82, 2.24) is 15.2 Å². The van der Waals surface area contributed by atoms with Gasteiger partial charge in [-0.2, -0.15) is 0 Å². The van der Waals surface area contributed by atoms with Crippen LogP contribution in [0.2, 0.25) is 0 Å². The van der Waals surface area contributed by atoms with Crippen LogP contribution in [0.25, 0.3) is 16.8 Å². The monoisotopic (exact) mass is 435 g/mol. The summed E-state index contributed by atoms with van der Waals surface area (Å²) in [5.74, 6) is 0. The molecule has 0 bridgehead atoms. The van der Waals surface area contributed by atoms with Crippen LogP contribution in [-0.2, 0) is 5.67 Å². The zero-order chi connectivity index (χ0) is 23.7. The SMILES string of the molecule is C=CCCN(CCC)/C(C)=C/C(=C\NC)c1cc(-c2cc(C(C)(C)F)ccn2)ccc1C. The molecule has 0 amide bonds. The van der Waals surface area contributed by atoms with Crippen LogP contribution >= 0.6 is 0 Å². The molecule has 0 saturated carbocycles. The number of nitrogens with one attached hydrogen (secondary N) is 1. The summed E-state index contributed by atoms with van der Waals surface area (Å²) < 4.78 is 14.5. The van der Waals surface area contributed by atoms with E-state index in [0.717, 1.165) is 48.3 Å². The summed E-state index contributed by atoms with van der Waals surface area (Å²) in [6, 6.07) is 9.89. The van der Waals surface area contributed by atoms with Crippen LogP contribution in [-0.4, -0.2) is 30.0 Å². The van der Waals surface area contributed by atoms with Crippen molar-refractivity contribution >= 4 is 5.57 Å². The van der Waals surface area contributed by atoms with Crippen molar-refractivity contribution in [2.75, 3.05) is 20.1 Å². The van der Waals surface area contributed by atoms with Crippen LogP contribution in [0.1, 0.15) is 57.2 Å². The third-order valence-electron chi connectivity index (χ3n) is 5.55. The molecule has 0 fully saturated rings. The number of pyridine rings is 1. The van der Waals surface area contributed by atoms with Crippen LogP contribution in [0.3, 0.4) is 0 Å². The molecule has 3 nitrogen and oxygen atoms in total. The lowest BCUT2D eigenvalue weighted by atomic mass is 9.94. The highest BCUT2D eigenvalue weighted by Crippen LogP contribution is 2.30. The Labute approximate surface area is 193 Å². The second-order valence-corrected chi connectivity index (χ2v) is 8.67. The van der Waals surface area contributed by atoms with Crippen molar-refractivity contribution in [3.8, 4) is 11.3 Å². The Bertz CT molecular complexity index is 967. The number of allylic oxidation sites excluding steroid dienone is 3. The van der Waals surface area contributed by atoms with E-state index in [4.69, 9.17) is 0 Å². The van der Waals surface area contributed by atoms with Crippen LogP contribution < -0.4 is 5.32 Å². The quantitative estimate of drug-likeness (QED) is 0.304. The third-order valence-corrected chi connectivity index (χ3v) is 5.55. The molecule has 0 atom stereocenters. The molecule has 1 N–H and O–H groups in total. The van der Waals surface area contributed by atoms with Crippen molar-refractivity contribution in [3.05, 3.63) is 83.8 Å². The molecule has 0 saturated heterocycles. The number of hydrogen-bond acceptors (Lipinski definition) is 3. The minimum atomic E-state index is -1.41. The molecule has 172 valence electrons. The van der Waals surface area contributed by atoms with Gasteiger partial charge in [-0.3, -0.25) is 4.98 Å². The Kier molecular flexibility index (Phi) is 9.25. The number of aryl methyl sites for hydroxylation is 1. The molecular formula is C28H38FN3. The van der Waals surface area contributed by atoms with Crippen LogP contribution in [0.5, 0.6) is 0 Å². The second-order valence-electron chi connectivity index (χ2n) is 8.67. The lowest BCUT2D eigenvalue weighted by molar-refractivity contribution is 0.221. The minimum absolute atomic E-state index is 0.629. The van der Waals surface area contributed by atoms with E-state index >= 15 is 0 Å². The van der Waals surface area contributed by atoms with E-state index in [-0.39, 0.29) is 0 Å². The van der Waals surface area contributed by atoms with Gasteiger partial charge in [-0.1, -0.05) is 25.1 Å². The van der Waals surface area contributed by atoms with Gasteiger partial charge in [0, 0.05) is 43.8 Å². The normalized spacial score (nSPS) is 12.6. The molecule has 1 heterocycles. The zero-order valence-corrected chi connectivity index (χ0v) is 20.5. The first-order valence-corrected chi connectivity index (χ1v) is 11.4. The molecule has 0 unspecified atom stereocenters. The van der Waals surface area contributed by atoms with Crippen molar-refractivity contribution in [2.45, 2.75) is 53.1 Å². The second kappa shape index (κ2) is 11.7. The maximum Gasteiger partial charge on any atom is 0.130 e. The summed E-state index contributed by atoms with van der Waals surface area (Å²) in [6.45, 7) is 15.5. The molecule has 2 rings (SSSR count). The number of nitrogens with zero attached hydrogens (tertiary/aromatic N) is 2. The molecule has 0 spiro atoms. The van der Waals surface area contributed by atoms with Crippen molar-refractivity contribution in [3.63, 3.8) is 0 Å². The van der Waals surface area contributed by atoms with E-state index in [9.17, 15) is 4.39 Å². The largest absolute Gasteiger partial charge is 0.393 e. The summed E-state index contributed by atoms with van der Waals surface area (Å²) in [4.78, 5) is 6.91. The number of aromatic nitrogens is 1. The fourth-order valence-corrected chi connectivity index (χ4v) is 3.70. The van der Waals surface area contributed by atoms with Gasteiger partial charge >= 0.3 is 0 Å². The number of alkyl halides is 1. The molecule has 1 aromatic carbocycles. The van der Waals surface area contributed by atoms with Gasteiger partial charge in [0.2, 0.25) is 0 Å². The Morgan fingerprint density at radius 2 is 1.97 bits per heavy atom. The van der Waals surface area contributed by atoms with Gasteiger partial charge in [-0.15, -0.1) is 6.58 Å². The Balaban J connectivity index is 2.49. The van der Waals surface area contributed by atoms with Gasteiger partial charge < -0.3 is 10.2 Å². The molecular weight excluding hydrogens is 397 g/mol. The van der Waals surface area contributed by atoms with Crippen LogP contribution in [0, 0.1) is 6.92 Å². The average Bonchev–Trinajstić information content (AvgIpc) is 2.76. The molecule has 32 heavy (non-hydrogen) atoms. The highest BCUT2D eigenvalue weighted by atomic mass is 19.1. The topological polar surface area (TPSA) is 28.2 Å². The van der Waals surface area contributed by atoms with Gasteiger partial charge in [0.05, 0.1) is 5.69 Å². The number of halogens is 1. The summed E-state index contributed by atoms with van der Waals surface area (Å²) in [5, 5.41) is 3.19. The van der Waals surface area contributed by atoms with E-state index < -0.39 is 5.67 Å². The average molecular weight is 436 g/mol. The van der Waals surface area contributed by atoms with E-state index in [2.05, 4.69) is 66.8 Å². The third kappa shape index (κ3) is 6.81. The van der Waals surface area contributed by atoms with Gasteiger partial charge in [0.15, 0.2) is 0 Å². The van der Waals surface area contributed by atoms with Crippen LogP contribution in [0.4, 0.5) is 4.39 Å². The molecule has 0 radical (unpaired) electrons. The lowest BCUT2D eigenvalue weighted by Crippen LogP contribution is -2.23. The molecule has 1 aromatic heterocycles. The van der Waals surface area contributed by atoms with E-state index in [1.807, 2.05) is 25.4 Å². The minimum Gasteiger partial charge on any atom is -0.393 e. The van der Waals surface area contributed by atoms with Crippen molar-refractivity contribution in [1.29, 1.82) is 0 Å². The van der Waals surface area contributed by atoms with Gasteiger partial charge in [-0.05, 0) is 87.1 Å².